The van der Waals surface area contributed by atoms with E-state index >= 15 is 0 Å². The lowest BCUT2D eigenvalue weighted by molar-refractivity contribution is 0.499. The molecule has 0 spiro atoms. The van der Waals surface area contributed by atoms with Crippen LogP contribution in [0.1, 0.15) is 28.7 Å². The molecule has 2 N–H and O–H groups in total. The Labute approximate surface area is 118 Å². The average molecular weight is 333 g/mol. The van der Waals surface area contributed by atoms with E-state index in [0.29, 0.717) is 20.8 Å². The summed E-state index contributed by atoms with van der Waals surface area (Å²) in [7, 11) is 0. The Morgan fingerprint density at radius 3 is 2.50 bits per heavy atom. The Kier molecular flexibility index (Phi) is 3.80. The summed E-state index contributed by atoms with van der Waals surface area (Å²) in [6, 6.07) is 4.08. The monoisotopic (exact) mass is 331 g/mol. The van der Waals surface area contributed by atoms with Gasteiger partial charge in [0.2, 0.25) is 0 Å². The highest BCUT2D eigenvalue weighted by atomic mass is 79.9. The van der Waals surface area contributed by atoms with Gasteiger partial charge in [-0.2, -0.15) is 0 Å². The molecule has 5 heteroatoms. The predicted molar refractivity (Wildman–Crippen MR) is 73.3 cm³/mol. The topological polar surface area (TPSA) is 39.2 Å². The van der Waals surface area contributed by atoms with Gasteiger partial charge in [-0.15, -0.1) is 0 Å². The molecule has 0 aliphatic heterocycles. The zero-order valence-electron chi connectivity index (χ0n) is 9.93. The fourth-order valence-corrected chi connectivity index (χ4v) is 2.39. The van der Waals surface area contributed by atoms with Crippen molar-refractivity contribution in [1.82, 2.24) is 0 Å². The second kappa shape index (κ2) is 5.03. The van der Waals surface area contributed by atoms with Crippen molar-refractivity contribution in [2.45, 2.75) is 19.9 Å². The Morgan fingerprint density at radius 2 is 1.94 bits per heavy atom. The summed E-state index contributed by atoms with van der Waals surface area (Å²) in [5.41, 5.74) is 7.20. The Hall–Kier alpha value is -0.840. The van der Waals surface area contributed by atoms with Crippen molar-refractivity contribution in [3.63, 3.8) is 0 Å². The maximum absolute atomic E-state index is 13.9. The summed E-state index contributed by atoms with van der Waals surface area (Å²) in [6.07, 6.45) is 0. The lowest BCUT2D eigenvalue weighted by Crippen LogP contribution is -2.14. The second-order valence-corrected chi connectivity index (χ2v) is 5.40. The first kappa shape index (κ1) is 13.6. The van der Waals surface area contributed by atoms with Gasteiger partial charge in [0.15, 0.2) is 0 Å². The molecule has 0 saturated carbocycles. The van der Waals surface area contributed by atoms with Gasteiger partial charge in [-0.05, 0) is 48.0 Å². The summed E-state index contributed by atoms with van der Waals surface area (Å²) in [5.74, 6) is 1.05. The summed E-state index contributed by atoms with van der Waals surface area (Å²) >= 11 is 9.14. The van der Waals surface area contributed by atoms with Gasteiger partial charge in [0, 0.05) is 15.6 Å². The molecule has 1 aromatic heterocycles. The van der Waals surface area contributed by atoms with E-state index in [1.54, 1.807) is 6.92 Å². The first-order chi connectivity index (χ1) is 8.40. The maximum atomic E-state index is 13.9. The third-order valence-corrected chi connectivity index (χ3v) is 3.99. The molecule has 0 fully saturated rings. The van der Waals surface area contributed by atoms with Crippen molar-refractivity contribution in [2.24, 2.45) is 5.73 Å². The van der Waals surface area contributed by atoms with E-state index in [0.717, 1.165) is 11.3 Å². The van der Waals surface area contributed by atoms with Crippen molar-refractivity contribution in [3.8, 4) is 0 Å². The standard InChI is InChI=1S/C13H12BrClFNO/c1-6-3-8(7(2)18-6)13(17)9-4-11(15)10(14)5-12(9)16/h3-5,13H,17H2,1-2H3. The van der Waals surface area contributed by atoms with Gasteiger partial charge in [-0.3, -0.25) is 0 Å². The van der Waals surface area contributed by atoms with E-state index in [1.165, 1.54) is 12.1 Å². The van der Waals surface area contributed by atoms with Crippen molar-refractivity contribution < 1.29 is 8.81 Å². The third-order valence-electron chi connectivity index (χ3n) is 2.79. The molecular weight excluding hydrogens is 321 g/mol. The van der Waals surface area contributed by atoms with E-state index < -0.39 is 11.9 Å². The van der Waals surface area contributed by atoms with Gasteiger partial charge < -0.3 is 10.2 Å². The summed E-state index contributed by atoms with van der Waals surface area (Å²) < 4.78 is 19.8. The molecule has 0 aliphatic carbocycles. The molecule has 1 atom stereocenters. The SMILES string of the molecule is Cc1cc(C(N)c2cc(Cl)c(Br)cc2F)c(C)o1. The zero-order chi connectivity index (χ0) is 13.4. The number of aryl methyl sites for hydroxylation is 2. The Morgan fingerprint density at radius 1 is 1.28 bits per heavy atom. The minimum atomic E-state index is -0.590. The number of furan rings is 1. The molecular formula is C13H12BrClFNO. The largest absolute Gasteiger partial charge is 0.466 e. The first-order valence-corrected chi connectivity index (χ1v) is 6.54. The molecule has 0 radical (unpaired) electrons. The third kappa shape index (κ3) is 2.46. The van der Waals surface area contributed by atoms with Gasteiger partial charge in [0.05, 0.1) is 11.1 Å². The number of benzene rings is 1. The van der Waals surface area contributed by atoms with E-state index in [9.17, 15) is 4.39 Å². The molecule has 2 nitrogen and oxygen atoms in total. The van der Waals surface area contributed by atoms with Crippen LogP contribution in [-0.2, 0) is 0 Å². The lowest BCUT2D eigenvalue weighted by Gasteiger charge is -2.13. The van der Waals surface area contributed by atoms with Crippen LogP contribution in [0.3, 0.4) is 0 Å². The lowest BCUT2D eigenvalue weighted by atomic mass is 9.99. The van der Waals surface area contributed by atoms with Crippen molar-refractivity contribution >= 4 is 27.5 Å². The molecule has 2 rings (SSSR count). The summed E-state index contributed by atoms with van der Waals surface area (Å²) in [5, 5.41) is 0.430. The number of rotatable bonds is 2. The zero-order valence-corrected chi connectivity index (χ0v) is 12.3. The van der Waals surface area contributed by atoms with Crippen LogP contribution >= 0.6 is 27.5 Å². The molecule has 18 heavy (non-hydrogen) atoms. The van der Waals surface area contributed by atoms with Crippen LogP contribution in [0.15, 0.2) is 27.1 Å². The second-order valence-electron chi connectivity index (χ2n) is 4.13. The van der Waals surface area contributed by atoms with Crippen LogP contribution in [0.25, 0.3) is 0 Å². The molecule has 2 aromatic rings. The fraction of sp³-hybridized carbons (Fsp3) is 0.231. The normalized spacial score (nSPS) is 12.8. The van der Waals surface area contributed by atoms with Gasteiger partial charge in [0.1, 0.15) is 17.3 Å². The van der Waals surface area contributed by atoms with Crippen molar-refractivity contribution in [1.29, 1.82) is 0 Å². The van der Waals surface area contributed by atoms with Crippen LogP contribution in [0.5, 0.6) is 0 Å². The van der Waals surface area contributed by atoms with Gasteiger partial charge in [0.25, 0.3) is 0 Å². The van der Waals surface area contributed by atoms with Crippen LogP contribution in [-0.4, -0.2) is 0 Å². The highest BCUT2D eigenvalue weighted by molar-refractivity contribution is 9.10. The number of hydrogen-bond acceptors (Lipinski definition) is 2. The van der Waals surface area contributed by atoms with Crippen molar-refractivity contribution in [2.75, 3.05) is 0 Å². The highest BCUT2D eigenvalue weighted by Crippen LogP contribution is 2.32. The molecule has 0 saturated heterocycles. The van der Waals surface area contributed by atoms with Gasteiger partial charge in [-0.1, -0.05) is 11.6 Å². The minimum absolute atomic E-state index is 0.354. The van der Waals surface area contributed by atoms with E-state index in [4.69, 9.17) is 21.8 Å². The smallest absolute Gasteiger partial charge is 0.129 e. The molecule has 0 amide bonds. The van der Waals surface area contributed by atoms with Crippen LogP contribution in [0.4, 0.5) is 4.39 Å². The quantitative estimate of drug-likeness (QED) is 0.822. The molecule has 1 aromatic carbocycles. The first-order valence-electron chi connectivity index (χ1n) is 5.37. The fourth-order valence-electron chi connectivity index (χ4n) is 1.90. The van der Waals surface area contributed by atoms with Gasteiger partial charge in [-0.25, -0.2) is 4.39 Å². The maximum Gasteiger partial charge on any atom is 0.129 e. The summed E-state index contributed by atoms with van der Waals surface area (Å²) in [6.45, 7) is 3.63. The van der Waals surface area contributed by atoms with E-state index in [2.05, 4.69) is 15.9 Å². The van der Waals surface area contributed by atoms with E-state index in [1.807, 2.05) is 13.0 Å². The number of hydrogen-bond donors (Lipinski definition) is 1. The minimum Gasteiger partial charge on any atom is -0.466 e. The van der Waals surface area contributed by atoms with Crippen LogP contribution in [0, 0.1) is 19.7 Å². The molecule has 0 aliphatic rings. The van der Waals surface area contributed by atoms with Crippen LogP contribution < -0.4 is 5.73 Å². The van der Waals surface area contributed by atoms with Crippen LogP contribution in [0.2, 0.25) is 5.02 Å². The Balaban J connectivity index is 2.49. The molecule has 0 bridgehead atoms. The van der Waals surface area contributed by atoms with Crippen molar-refractivity contribution in [3.05, 3.63) is 56.2 Å². The predicted octanol–water partition coefficient (Wildman–Crippen LogP) is 4.50. The molecule has 96 valence electrons. The highest BCUT2D eigenvalue weighted by Gasteiger charge is 2.19. The van der Waals surface area contributed by atoms with Gasteiger partial charge >= 0.3 is 0 Å². The molecule has 1 heterocycles. The van der Waals surface area contributed by atoms with E-state index in [-0.39, 0.29) is 0 Å². The number of halogens is 3. The number of nitrogens with two attached hydrogens (primary N) is 1. The molecule has 1 unspecified atom stereocenters. The average Bonchev–Trinajstić information content (AvgIpc) is 2.62. The Bertz CT molecular complexity index is 597. The summed E-state index contributed by atoms with van der Waals surface area (Å²) in [4.78, 5) is 0.